The van der Waals surface area contributed by atoms with Crippen LogP contribution in [0.15, 0.2) is 18.2 Å². The summed E-state index contributed by atoms with van der Waals surface area (Å²) in [5, 5.41) is 9.63. The monoisotopic (exact) mass is 232 g/mol. The summed E-state index contributed by atoms with van der Waals surface area (Å²) in [5.41, 5.74) is 1.96. The van der Waals surface area contributed by atoms with Gasteiger partial charge in [-0.3, -0.25) is 4.79 Å². The highest BCUT2D eigenvalue weighted by Crippen LogP contribution is 2.51. The molecule has 2 atom stereocenters. The lowest BCUT2D eigenvalue weighted by atomic mass is 9.81. The molecule has 0 saturated carbocycles. The quantitative estimate of drug-likeness (QED) is 0.733. The number of likely N-dealkylation sites (N-methyl/N-ethyl adjacent to an activating group) is 2. The molecule has 0 aromatic heterocycles. The molecule has 1 saturated heterocycles. The number of likely N-dealkylation sites (tertiary alicyclic amines) is 1. The van der Waals surface area contributed by atoms with Crippen molar-refractivity contribution in [1.29, 1.82) is 0 Å². The molecule has 1 aromatic carbocycles. The van der Waals surface area contributed by atoms with E-state index in [2.05, 4.69) is 11.8 Å². The first-order valence-electron chi connectivity index (χ1n) is 5.77. The van der Waals surface area contributed by atoms with Crippen molar-refractivity contribution in [3.63, 3.8) is 0 Å². The number of phenols is 1. The summed E-state index contributed by atoms with van der Waals surface area (Å²) in [6.07, 6.45) is 0.571. The van der Waals surface area contributed by atoms with Crippen LogP contribution in [0.5, 0.6) is 5.75 Å². The molecule has 2 aliphatic rings. The average Bonchev–Trinajstić information content (AvgIpc) is 2.61. The number of benzene rings is 1. The van der Waals surface area contributed by atoms with E-state index in [0.29, 0.717) is 6.42 Å². The van der Waals surface area contributed by atoms with Crippen molar-refractivity contribution < 1.29 is 9.90 Å². The molecule has 1 N–H and O–H groups in total. The van der Waals surface area contributed by atoms with E-state index in [-0.39, 0.29) is 23.2 Å². The molecule has 2 aliphatic heterocycles. The van der Waals surface area contributed by atoms with Gasteiger partial charge in [0.05, 0.1) is 0 Å². The largest absolute Gasteiger partial charge is 0.508 e. The normalized spacial score (nSPS) is 30.8. The van der Waals surface area contributed by atoms with Gasteiger partial charge in [0.15, 0.2) is 0 Å². The second kappa shape index (κ2) is 2.94. The number of hydrogen-bond acceptors (Lipinski definition) is 3. The number of amides is 1. The first kappa shape index (κ1) is 10.4. The van der Waals surface area contributed by atoms with Crippen LogP contribution in [0.2, 0.25) is 0 Å². The Morgan fingerprint density at radius 2 is 2.06 bits per heavy atom. The maximum Gasteiger partial charge on any atom is 0.225 e. The minimum absolute atomic E-state index is 0.0619. The number of carbonyl (C=O) groups excluding carboxylic acids is 1. The first-order valence-corrected chi connectivity index (χ1v) is 5.77. The maximum atomic E-state index is 11.9. The van der Waals surface area contributed by atoms with Crippen LogP contribution >= 0.6 is 0 Å². The minimum Gasteiger partial charge on any atom is -0.508 e. The highest BCUT2D eigenvalue weighted by Gasteiger charge is 2.55. The third kappa shape index (κ3) is 1.10. The summed E-state index contributed by atoms with van der Waals surface area (Å²) in [4.78, 5) is 15.8. The molecule has 0 spiro atoms. The molecule has 0 unspecified atom stereocenters. The number of anilines is 1. The fraction of sp³-hybridized carbons (Fsp3) is 0.462. The Bertz CT molecular complexity index is 514. The smallest absolute Gasteiger partial charge is 0.225 e. The molecule has 90 valence electrons. The lowest BCUT2D eigenvalue weighted by molar-refractivity contribution is -0.127. The Balaban J connectivity index is 2.22. The molecule has 17 heavy (non-hydrogen) atoms. The summed E-state index contributed by atoms with van der Waals surface area (Å²) >= 11 is 0. The van der Waals surface area contributed by atoms with E-state index < -0.39 is 0 Å². The van der Waals surface area contributed by atoms with Crippen LogP contribution in [-0.4, -0.2) is 36.2 Å². The highest BCUT2D eigenvalue weighted by atomic mass is 16.3. The molecule has 0 aliphatic carbocycles. The van der Waals surface area contributed by atoms with Gasteiger partial charge in [0.1, 0.15) is 11.9 Å². The van der Waals surface area contributed by atoms with Gasteiger partial charge in [-0.25, -0.2) is 0 Å². The Labute approximate surface area is 100 Å². The first-order chi connectivity index (χ1) is 7.95. The van der Waals surface area contributed by atoms with Gasteiger partial charge >= 0.3 is 0 Å². The molecule has 0 radical (unpaired) electrons. The van der Waals surface area contributed by atoms with Gasteiger partial charge in [-0.05, 0) is 23.8 Å². The number of phenolic OH excluding ortho intramolecular Hbond substituents is 1. The Kier molecular flexibility index (Phi) is 1.81. The Hall–Kier alpha value is -1.71. The second-order valence-electron chi connectivity index (χ2n) is 5.28. The van der Waals surface area contributed by atoms with Gasteiger partial charge in [0, 0.05) is 31.6 Å². The molecule has 3 rings (SSSR count). The second-order valence-corrected chi connectivity index (χ2v) is 5.28. The zero-order valence-electron chi connectivity index (χ0n) is 10.3. The summed E-state index contributed by atoms with van der Waals surface area (Å²) < 4.78 is 0. The van der Waals surface area contributed by atoms with Crippen molar-refractivity contribution in [2.45, 2.75) is 24.9 Å². The third-order valence-corrected chi connectivity index (χ3v) is 4.19. The SMILES string of the molecule is CN1C(=O)C[C@@]2(C)c3cc(O)ccc3N(C)[C@@H]12. The van der Waals surface area contributed by atoms with E-state index in [1.165, 1.54) is 0 Å². The number of aromatic hydroxyl groups is 1. The van der Waals surface area contributed by atoms with E-state index in [4.69, 9.17) is 0 Å². The van der Waals surface area contributed by atoms with Crippen LogP contribution in [0.4, 0.5) is 5.69 Å². The molecular formula is C13H16N2O2. The number of carbonyl (C=O) groups is 1. The fourth-order valence-corrected chi connectivity index (χ4v) is 3.44. The topological polar surface area (TPSA) is 43.8 Å². The highest BCUT2D eigenvalue weighted by molar-refractivity contribution is 5.85. The van der Waals surface area contributed by atoms with Crippen molar-refractivity contribution in [2.24, 2.45) is 0 Å². The molecule has 0 bridgehead atoms. The van der Waals surface area contributed by atoms with Gasteiger partial charge in [-0.1, -0.05) is 6.92 Å². The van der Waals surface area contributed by atoms with E-state index in [9.17, 15) is 9.90 Å². The molecule has 4 nitrogen and oxygen atoms in total. The van der Waals surface area contributed by atoms with Crippen LogP contribution in [-0.2, 0) is 10.2 Å². The Morgan fingerprint density at radius 1 is 1.35 bits per heavy atom. The van der Waals surface area contributed by atoms with Crippen LogP contribution in [0.3, 0.4) is 0 Å². The molecule has 1 fully saturated rings. The van der Waals surface area contributed by atoms with Crippen molar-refractivity contribution in [3.05, 3.63) is 23.8 Å². The van der Waals surface area contributed by atoms with Crippen LogP contribution in [0.25, 0.3) is 0 Å². The molecule has 1 amide bonds. The Morgan fingerprint density at radius 3 is 2.76 bits per heavy atom. The maximum absolute atomic E-state index is 11.9. The van der Waals surface area contributed by atoms with Crippen LogP contribution in [0.1, 0.15) is 18.9 Å². The van der Waals surface area contributed by atoms with Crippen molar-refractivity contribution in [2.75, 3.05) is 19.0 Å². The number of fused-ring (bicyclic) bond motifs is 3. The third-order valence-electron chi connectivity index (χ3n) is 4.19. The zero-order valence-corrected chi connectivity index (χ0v) is 10.3. The number of rotatable bonds is 0. The minimum atomic E-state index is -0.214. The number of hydrogen-bond donors (Lipinski definition) is 1. The van der Waals surface area contributed by atoms with Crippen molar-refractivity contribution >= 4 is 11.6 Å². The fourth-order valence-electron chi connectivity index (χ4n) is 3.44. The van der Waals surface area contributed by atoms with Crippen LogP contribution in [0, 0.1) is 0 Å². The lowest BCUT2D eigenvalue weighted by Gasteiger charge is -2.32. The summed E-state index contributed by atoms with van der Waals surface area (Å²) in [6.45, 7) is 2.10. The van der Waals surface area contributed by atoms with Gasteiger partial charge in [0.25, 0.3) is 0 Å². The average molecular weight is 232 g/mol. The van der Waals surface area contributed by atoms with Crippen LogP contribution < -0.4 is 4.90 Å². The summed E-state index contributed by atoms with van der Waals surface area (Å²) in [7, 11) is 3.85. The predicted octanol–water partition coefficient (Wildman–Crippen LogP) is 1.29. The molecule has 1 aromatic rings. The van der Waals surface area contributed by atoms with Gasteiger partial charge < -0.3 is 14.9 Å². The van der Waals surface area contributed by atoms with Gasteiger partial charge in [0.2, 0.25) is 5.91 Å². The lowest BCUT2D eigenvalue weighted by Crippen LogP contribution is -2.46. The van der Waals surface area contributed by atoms with E-state index in [0.717, 1.165) is 11.3 Å². The zero-order chi connectivity index (χ0) is 12.4. The standard InChI is InChI=1S/C13H16N2O2/c1-13-7-11(17)15(3)12(13)14(2)10-5-4-8(16)6-9(10)13/h4-6,12,16H,7H2,1-3H3/t12-,13-/m0/s1. The summed E-state index contributed by atoms with van der Waals surface area (Å²) in [6, 6.07) is 5.41. The molecule has 2 heterocycles. The molecule has 4 heteroatoms. The van der Waals surface area contributed by atoms with Crippen molar-refractivity contribution in [3.8, 4) is 5.75 Å². The van der Waals surface area contributed by atoms with E-state index >= 15 is 0 Å². The predicted molar refractivity (Wildman–Crippen MR) is 65.0 cm³/mol. The van der Waals surface area contributed by atoms with Crippen molar-refractivity contribution in [1.82, 2.24) is 4.90 Å². The number of nitrogens with zero attached hydrogens (tertiary/aromatic N) is 2. The summed E-state index contributed by atoms with van der Waals surface area (Å²) in [5.74, 6) is 0.430. The molecular weight excluding hydrogens is 216 g/mol. The van der Waals surface area contributed by atoms with E-state index in [1.807, 2.05) is 20.2 Å². The van der Waals surface area contributed by atoms with Gasteiger partial charge in [-0.2, -0.15) is 0 Å². The van der Waals surface area contributed by atoms with Gasteiger partial charge in [-0.15, -0.1) is 0 Å². The van der Waals surface area contributed by atoms with E-state index in [1.54, 1.807) is 17.0 Å².